The molecule has 0 spiro atoms. The number of carbonyl (C=O) groups is 1. The van der Waals surface area contributed by atoms with Crippen LogP contribution >= 0.6 is 0 Å². The molecular weight excluding hydrogens is 154 g/mol. The molecule has 1 aromatic carbocycles. The second-order valence-corrected chi connectivity index (χ2v) is 2.73. The van der Waals surface area contributed by atoms with Crippen LogP contribution in [0.5, 0.6) is 5.75 Å². The summed E-state index contributed by atoms with van der Waals surface area (Å²) in [5, 5.41) is 9.44. The van der Waals surface area contributed by atoms with Crippen molar-refractivity contribution in [2.45, 2.75) is 13.3 Å². The zero-order chi connectivity index (χ0) is 9.14. The summed E-state index contributed by atoms with van der Waals surface area (Å²) in [5.41, 5.74) is 6.34. The van der Waals surface area contributed by atoms with Gasteiger partial charge >= 0.3 is 0 Å². The fourth-order valence-electron chi connectivity index (χ4n) is 1.05. The van der Waals surface area contributed by atoms with E-state index in [4.69, 9.17) is 5.73 Å². The first-order valence-corrected chi connectivity index (χ1v) is 3.67. The highest BCUT2D eigenvalue weighted by Crippen LogP contribution is 2.21. The Morgan fingerprint density at radius 3 is 2.83 bits per heavy atom. The van der Waals surface area contributed by atoms with Crippen LogP contribution in [-0.2, 0) is 11.2 Å². The Kier molecular flexibility index (Phi) is 2.33. The number of rotatable bonds is 2. The predicted octanol–water partition coefficient (Wildman–Crippen LogP) is 0.728. The third kappa shape index (κ3) is 1.75. The molecule has 0 radical (unpaired) electrons. The Morgan fingerprint density at radius 1 is 1.58 bits per heavy atom. The molecule has 3 heteroatoms. The van der Waals surface area contributed by atoms with Gasteiger partial charge in [0.2, 0.25) is 5.91 Å². The summed E-state index contributed by atoms with van der Waals surface area (Å²) in [4.78, 5) is 10.5. The van der Waals surface area contributed by atoms with Gasteiger partial charge in [-0.15, -0.1) is 0 Å². The Balaban J connectivity index is 3.00. The van der Waals surface area contributed by atoms with Crippen molar-refractivity contribution in [2.75, 3.05) is 0 Å². The number of nitrogens with two attached hydrogens (primary N) is 1. The molecule has 1 rings (SSSR count). The van der Waals surface area contributed by atoms with E-state index in [9.17, 15) is 9.90 Å². The van der Waals surface area contributed by atoms with Gasteiger partial charge in [-0.2, -0.15) is 0 Å². The molecular formula is C9H11NO2. The van der Waals surface area contributed by atoms with Crippen molar-refractivity contribution in [1.29, 1.82) is 0 Å². The number of amides is 1. The van der Waals surface area contributed by atoms with Crippen molar-refractivity contribution in [3.8, 4) is 5.75 Å². The predicted molar refractivity (Wildman–Crippen MR) is 45.7 cm³/mol. The van der Waals surface area contributed by atoms with Crippen LogP contribution in [0.1, 0.15) is 11.1 Å². The smallest absolute Gasteiger partial charge is 0.221 e. The molecule has 3 nitrogen and oxygen atoms in total. The number of aryl methyl sites for hydroxylation is 1. The van der Waals surface area contributed by atoms with Gasteiger partial charge in [0.05, 0.1) is 6.42 Å². The normalized spacial score (nSPS) is 9.75. The van der Waals surface area contributed by atoms with Crippen molar-refractivity contribution >= 4 is 5.91 Å². The highest BCUT2D eigenvalue weighted by Gasteiger charge is 2.05. The van der Waals surface area contributed by atoms with E-state index >= 15 is 0 Å². The molecule has 0 aliphatic carbocycles. The van der Waals surface area contributed by atoms with Crippen molar-refractivity contribution in [3.05, 3.63) is 29.3 Å². The monoisotopic (exact) mass is 165 g/mol. The third-order valence-corrected chi connectivity index (χ3v) is 1.69. The second kappa shape index (κ2) is 3.26. The van der Waals surface area contributed by atoms with Crippen molar-refractivity contribution in [2.24, 2.45) is 5.73 Å². The average molecular weight is 165 g/mol. The van der Waals surface area contributed by atoms with E-state index < -0.39 is 5.91 Å². The third-order valence-electron chi connectivity index (χ3n) is 1.69. The van der Waals surface area contributed by atoms with Crippen LogP contribution in [0.25, 0.3) is 0 Å². The molecule has 0 atom stereocenters. The minimum Gasteiger partial charge on any atom is -0.507 e. The van der Waals surface area contributed by atoms with Gasteiger partial charge in [0.1, 0.15) is 5.75 Å². The molecule has 0 aliphatic rings. The average Bonchev–Trinajstić information content (AvgIpc) is 1.98. The number of carbonyl (C=O) groups excluding carboxylic acids is 1. The summed E-state index contributed by atoms with van der Waals surface area (Å²) in [5.74, 6) is -0.271. The first-order chi connectivity index (χ1) is 5.61. The molecule has 0 fully saturated rings. The van der Waals surface area contributed by atoms with Crippen molar-refractivity contribution in [3.63, 3.8) is 0 Å². The molecule has 12 heavy (non-hydrogen) atoms. The van der Waals surface area contributed by atoms with E-state index in [1.165, 1.54) is 0 Å². The molecule has 0 saturated carbocycles. The molecule has 0 heterocycles. The quantitative estimate of drug-likeness (QED) is 0.678. The number of phenolic OH excluding ortho intramolecular Hbond substituents is 1. The van der Waals surface area contributed by atoms with Crippen LogP contribution in [0.2, 0.25) is 0 Å². The Bertz CT molecular complexity index is 307. The Morgan fingerprint density at radius 2 is 2.25 bits per heavy atom. The van der Waals surface area contributed by atoms with E-state index in [1.807, 2.05) is 0 Å². The van der Waals surface area contributed by atoms with Gasteiger partial charge in [-0.05, 0) is 12.5 Å². The number of para-hydroxylation sites is 1. The maximum absolute atomic E-state index is 10.5. The summed E-state index contributed by atoms with van der Waals surface area (Å²) in [6.45, 7) is 1.78. The van der Waals surface area contributed by atoms with Crippen LogP contribution in [0.3, 0.4) is 0 Å². The minimum absolute atomic E-state index is 0.0908. The molecule has 3 N–H and O–H groups in total. The number of hydrogen-bond acceptors (Lipinski definition) is 2. The minimum atomic E-state index is -0.434. The Labute approximate surface area is 70.8 Å². The summed E-state index contributed by atoms with van der Waals surface area (Å²) in [6.07, 6.45) is 0.0908. The van der Waals surface area contributed by atoms with Crippen LogP contribution < -0.4 is 5.73 Å². The van der Waals surface area contributed by atoms with E-state index in [-0.39, 0.29) is 12.2 Å². The van der Waals surface area contributed by atoms with Crippen LogP contribution in [0, 0.1) is 6.92 Å². The molecule has 1 aromatic rings. The fraction of sp³-hybridized carbons (Fsp3) is 0.222. The molecule has 0 aliphatic heterocycles. The maximum Gasteiger partial charge on any atom is 0.221 e. The van der Waals surface area contributed by atoms with Crippen LogP contribution in [0.15, 0.2) is 18.2 Å². The summed E-state index contributed by atoms with van der Waals surface area (Å²) >= 11 is 0. The number of primary amides is 1. The van der Waals surface area contributed by atoms with Gasteiger partial charge in [-0.25, -0.2) is 0 Å². The first-order valence-electron chi connectivity index (χ1n) is 3.67. The molecule has 64 valence electrons. The fourth-order valence-corrected chi connectivity index (χ4v) is 1.05. The van der Waals surface area contributed by atoms with Crippen molar-refractivity contribution in [1.82, 2.24) is 0 Å². The summed E-state index contributed by atoms with van der Waals surface area (Å²) in [7, 11) is 0. The largest absolute Gasteiger partial charge is 0.507 e. The van der Waals surface area contributed by atoms with E-state index in [2.05, 4.69) is 0 Å². The topological polar surface area (TPSA) is 63.3 Å². The molecule has 0 aromatic heterocycles. The molecule has 1 amide bonds. The lowest BCUT2D eigenvalue weighted by atomic mass is 10.1. The highest BCUT2D eigenvalue weighted by molar-refractivity contribution is 5.77. The SMILES string of the molecule is Cc1cccc(CC(N)=O)c1O. The zero-order valence-corrected chi connectivity index (χ0v) is 6.87. The van der Waals surface area contributed by atoms with Gasteiger partial charge in [0.15, 0.2) is 0 Å². The zero-order valence-electron chi connectivity index (χ0n) is 6.87. The van der Waals surface area contributed by atoms with Gasteiger partial charge in [-0.3, -0.25) is 4.79 Å². The number of hydrogen-bond donors (Lipinski definition) is 2. The maximum atomic E-state index is 10.5. The lowest BCUT2D eigenvalue weighted by Gasteiger charge is -2.03. The van der Waals surface area contributed by atoms with E-state index in [1.54, 1.807) is 25.1 Å². The molecule has 0 bridgehead atoms. The van der Waals surface area contributed by atoms with E-state index in [0.29, 0.717) is 5.56 Å². The molecule has 0 saturated heterocycles. The van der Waals surface area contributed by atoms with Crippen LogP contribution in [0.4, 0.5) is 0 Å². The van der Waals surface area contributed by atoms with Gasteiger partial charge in [0, 0.05) is 5.56 Å². The summed E-state index contributed by atoms with van der Waals surface area (Å²) in [6, 6.07) is 5.25. The van der Waals surface area contributed by atoms with Gasteiger partial charge < -0.3 is 10.8 Å². The lowest BCUT2D eigenvalue weighted by Crippen LogP contribution is -2.13. The molecule has 0 unspecified atom stereocenters. The summed E-state index contributed by atoms with van der Waals surface area (Å²) < 4.78 is 0. The number of benzene rings is 1. The van der Waals surface area contributed by atoms with Crippen molar-refractivity contribution < 1.29 is 9.90 Å². The van der Waals surface area contributed by atoms with E-state index in [0.717, 1.165) is 5.56 Å². The van der Waals surface area contributed by atoms with Crippen LogP contribution in [-0.4, -0.2) is 11.0 Å². The highest BCUT2D eigenvalue weighted by atomic mass is 16.3. The number of phenols is 1. The first kappa shape index (κ1) is 8.59. The lowest BCUT2D eigenvalue weighted by molar-refractivity contribution is -0.117. The van der Waals surface area contributed by atoms with Gasteiger partial charge in [0.25, 0.3) is 0 Å². The standard InChI is InChI=1S/C9H11NO2/c1-6-3-2-4-7(9(6)12)5-8(10)11/h2-4,12H,5H2,1H3,(H2,10,11). The Hall–Kier alpha value is -1.51. The van der Waals surface area contributed by atoms with Gasteiger partial charge in [-0.1, -0.05) is 18.2 Å². The number of aromatic hydroxyl groups is 1. The second-order valence-electron chi connectivity index (χ2n) is 2.73.